The molecular formula is C12H18N2O2S. The molecule has 0 radical (unpaired) electrons. The van der Waals surface area contributed by atoms with Gasteiger partial charge in [-0.05, 0) is 31.9 Å². The Balaban J connectivity index is 2.54. The van der Waals surface area contributed by atoms with Crippen molar-refractivity contribution in [2.75, 3.05) is 17.2 Å². The van der Waals surface area contributed by atoms with Crippen molar-refractivity contribution in [3.05, 3.63) is 23.8 Å². The smallest absolute Gasteiger partial charge is 0.156 e. The molecule has 1 aromatic carbocycles. The standard InChI is InChI=1S/C12H18N2O2S/c1-12(2)9(6-7-17(12,15)16)8-4-3-5-10(13)11(8)14/h3-5,9H,6-7,13-14H2,1-2H3/t9-/m1/s1. The first-order chi connectivity index (χ1) is 7.77. The maximum absolute atomic E-state index is 12.0. The topological polar surface area (TPSA) is 86.2 Å². The highest BCUT2D eigenvalue weighted by atomic mass is 32.2. The summed E-state index contributed by atoms with van der Waals surface area (Å²) in [5, 5.41) is 0. The molecule has 0 aliphatic carbocycles. The predicted molar refractivity (Wildman–Crippen MR) is 70.5 cm³/mol. The SMILES string of the molecule is CC1(C)[C@@H](c2cccc(N)c2N)CCS1(=O)=O. The zero-order chi connectivity index (χ0) is 12.8. The van der Waals surface area contributed by atoms with Crippen LogP contribution in [-0.2, 0) is 9.84 Å². The number of anilines is 2. The van der Waals surface area contributed by atoms with Crippen LogP contribution in [-0.4, -0.2) is 18.9 Å². The summed E-state index contributed by atoms with van der Waals surface area (Å²) in [6.45, 7) is 3.53. The third-order valence-electron chi connectivity index (χ3n) is 3.86. The minimum absolute atomic E-state index is 0.0731. The van der Waals surface area contributed by atoms with Crippen LogP contribution in [0.3, 0.4) is 0 Å². The molecule has 1 heterocycles. The number of rotatable bonds is 1. The predicted octanol–water partition coefficient (Wildman–Crippen LogP) is 1.53. The molecule has 5 heteroatoms. The summed E-state index contributed by atoms with van der Waals surface area (Å²) in [5.74, 6) is 0.148. The lowest BCUT2D eigenvalue weighted by atomic mass is 9.85. The summed E-state index contributed by atoms with van der Waals surface area (Å²) in [7, 11) is -3.05. The zero-order valence-corrected chi connectivity index (χ0v) is 10.9. The first kappa shape index (κ1) is 12.2. The molecular weight excluding hydrogens is 236 g/mol. The Kier molecular flexibility index (Phi) is 2.61. The quantitative estimate of drug-likeness (QED) is 0.744. The molecule has 0 spiro atoms. The summed E-state index contributed by atoms with van der Waals surface area (Å²) in [4.78, 5) is 0. The Hall–Kier alpha value is -1.23. The molecule has 2 rings (SSSR count). The minimum Gasteiger partial charge on any atom is -0.397 e. The maximum atomic E-state index is 12.0. The molecule has 0 saturated carbocycles. The summed E-state index contributed by atoms with van der Waals surface area (Å²) in [6.07, 6.45) is 0.614. The number of para-hydroxylation sites is 1. The van der Waals surface area contributed by atoms with Gasteiger partial charge in [0.2, 0.25) is 0 Å². The van der Waals surface area contributed by atoms with E-state index in [0.717, 1.165) is 5.56 Å². The first-order valence-electron chi connectivity index (χ1n) is 5.63. The molecule has 17 heavy (non-hydrogen) atoms. The average molecular weight is 254 g/mol. The van der Waals surface area contributed by atoms with Crippen molar-refractivity contribution < 1.29 is 8.42 Å². The van der Waals surface area contributed by atoms with Crippen LogP contribution in [0.2, 0.25) is 0 Å². The number of benzene rings is 1. The van der Waals surface area contributed by atoms with Gasteiger partial charge in [-0.1, -0.05) is 12.1 Å². The van der Waals surface area contributed by atoms with E-state index in [1.165, 1.54) is 0 Å². The second-order valence-corrected chi connectivity index (χ2v) is 7.80. The van der Waals surface area contributed by atoms with E-state index in [0.29, 0.717) is 17.8 Å². The second kappa shape index (κ2) is 3.63. The summed E-state index contributed by atoms with van der Waals surface area (Å²) in [6, 6.07) is 5.43. The van der Waals surface area contributed by atoms with Gasteiger partial charge in [0.1, 0.15) is 0 Å². The number of hydrogen-bond acceptors (Lipinski definition) is 4. The molecule has 4 nitrogen and oxygen atoms in total. The molecule has 1 saturated heterocycles. The van der Waals surface area contributed by atoms with E-state index in [4.69, 9.17) is 11.5 Å². The van der Waals surface area contributed by atoms with Gasteiger partial charge < -0.3 is 11.5 Å². The Morgan fingerprint density at radius 3 is 2.47 bits per heavy atom. The van der Waals surface area contributed by atoms with Gasteiger partial charge in [-0.2, -0.15) is 0 Å². The Morgan fingerprint density at radius 2 is 1.94 bits per heavy atom. The van der Waals surface area contributed by atoms with Gasteiger partial charge >= 0.3 is 0 Å². The van der Waals surface area contributed by atoms with Crippen molar-refractivity contribution in [1.29, 1.82) is 0 Å². The highest BCUT2D eigenvalue weighted by Gasteiger charge is 2.48. The van der Waals surface area contributed by atoms with Gasteiger partial charge in [0, 0.05) is 5.92 Å². The second-order valence-electron chi connectivity index (χ2n) is 5.11. The van der Waals surface area contributed by atoms with Crippen molar-refractivity contribution in [1.82, 2.24) is 0 Å². The van der Waals surface area contributed by atoms with Crippen molar-refractivity contribution in [3.8, 4) is 0 Å². The number of nitrogens with two attached hydrogens (primary N) is 2. The van der Waals surface area contributed by atoms with Crippen molar-refractivity contribution in [3.63, 3.8) is 0 Å². The highest BCUT2D eigenvalue weighted by molar-refractivity contribution is 7.93. The lowest BCUT2D eigenvalue weighted by molar-refractivity contribution is 0.519. The van der Waals surface area contributed by atoms with Gasteiger partial charge in [-0.25, -0.2) is 8.42 Å². The fraction of sp³-hybridized carbons (Fsp3) is 0.500. The first-order valence-corrected chi connectivity index (χ1v) is 7.29. The van der Waals surface area contributed by atoms with E-state index < -0.39 is 14.6 Å². The van der Waals surface area contributed by atoms with Crippen LogP contribution in [0.15, 0.2) is 18.2 Å². The largest absolute Gasteiger partial charge is 0.397 e. The van der Waals surface area contributed by atoms with Crippen LogP contribution in [0.5, 0.6) is 0 Å². The van der Waals surface area contributed by atoms with Crippen LogP contribution in [0.1, 0.15) is 31.7 Å². The zero-order valence-electron chi connectivity index (χ0n) is 10.1. The Labute approximate surface area is 102 Å². The lowest BCUT2D eigenvalue weighted by Gasteiger charge is -2.27. The highest BCUT2D eigenvalue weighted by Crippen LogP contribution is 2.46. The van der Waals surface area contributed by atoms with E-state index in [2.05, 4.69) is 0 Å². The molecule has 1 aliphatic heterocycles. The third-order valence-corrected chi connectivity index (χ3v) is 6.53. The number of sulfone groups is 1. The molecule has 4 N–H and O–H groups in total. The van der Waals surface area contributed by atoms with Crippen LogP contribution in [0.4, 0.5) is 11.4 Å². The van der Waals surface area contributed by atoms with Crippen LogP contribution < -0.4 is 11.5 Å². The molecule has 0 amide bonds. The normalized spacial score (nSPS) is 25.9. The fourth-order valence-electron chi connectivity index (χ4n) is 2.54. The summed E-state index contributed by atoms with van der Waals surface area (Å²) >= 11 is 0. The van der Waals surface area contributed by atoms with E-state index in [1.54, 1.807) is 19.9 Å². The van der Waals surface area contributed by atoms with Crippen LogP contribution in [0.25, 0.3) is 0 Å². The van der Waals surface area contributed by atoms with Gasteiger partial charge in [-0.3, -0.25) is 0 Å². The van der Waals surface area contributed by atoms with E-state index in [1.807, 2.05) is 12.1 Å². The molecule has 94 valence electrons. The van der Waals surface area contributed by atoms with Gasteiger partial charge in [0.25, 0.3) is 0 Å². The van der Waals surface area contributed by atoms with Crippen LogP contribution in [0, 0.1) is 0 Å². The molecule has 1 fully saturated rings. The van der Waals surface area contributed by atoms with E-state index >= 15 is 0 Å². The van der Waals surface area contributed by atoms with Gasteiger partial charge in [0.15, 0.2) is 9.84 Å². The number of nitrogen functional groups attached to an aromatic ring is 2. The van der Waals surface area contributed by atoms with Crippen LogP contribution >= 0.6 is 0 Å². The average Bonchev–Trinajstić information content (AvgIpc) is 2.43. The molecule has 0 unspecified atom stereocenters. The van der Waals surface area contributed by atoms with Gasteiger partial charge in [-0.15, -0.1) is 0 Å². The lowest BCUT2D eigenvalue weighted by Crippen LogP contribution is -2.32. The molecule has 1 aromatic rings. The minimum atomic E-state index is -3.05. The maximum Gasteiger partial charge on any atom is 0.156 e. The number of hydrogen-bond donors (Lipinski definition) is 2. The Bertz CT molecular complexity index is 550. The third kappa shape index (κ3) is 1.69. The van der Waals surface area contributed by atoms with Crippen molar-refractivity contribution in [2.24, 2.45) is 0 Å². The van der Waals surface area contributed by atoms with E-state index in [9.17, 15) is 8.42 Å². The molecule has 1 atom stereocenters. The van der Waals surface area contributed by atoms with Gasteiger partial charge in [0.05, 0.1) is 21.9 Å². The fourth-order valence-corrected chi connectivity index (χ4v) is 4.29. The monoisotopic (exact) mass is 254 g/mol. The van der Waals surface area contributed by atoms with E-state index in [-0.39, 0.29) is 11.7 Å². The van der Waals surface area contributed by atoms with Crippen molar-refractivity contribution >= 4 is 21.2 Å². The molecule has 0 aromatic heterocycles. The van der Waals surface area contributed by atoms with Crippen molar-refractivity contribution in [2.45, 2.75) is 30.9 Å². The summed E-state index contributed by atoms with van der Waals surface area (Å²) in [5.41, 5.74) is 13.6. The molecule has 0 bridgehead atoms. The molecule has 1 aliphatic rings. The Morgan fingerprint density at radius 1 is 1.29 bits per heavy atom. The summed E-state index contributed by atoms with van der Waals surface area (Å²) < 4.78 is 23.2.